The Morgan fingerprint density at radius 2 is 1.84 bits per heavy atom. The molecule has 1 aromatic heterocycles. The molecule has 0 bridgehead atoms. The molecule has 0 fully saturated rings. The van der Waals surface area contributed by atoms with E-state index < -0.39 is 11.8 Å². The lowest BCUT2D eigenvalue weighted by molar-refractivity contribution is 0.0697. The molecular formula is C29H25FN4O3S. The van der Waals surface area contributed by atoms with Crippen LogP contribution in [-0.2, 0) is 19.3 Å². The number of aromatic carboxylic acids is 1. The van der Waals surface area contributed by atoms with Gasteiger partial charge >= 0.3 is 5.97 Å². The van der Waals surface area contributed by atoms with Crippen molar-refractivity contribution in [2.45, 2.75) is 32.6 Å². The molecule has 1 aliphatic carbocycles. The molecule has 1 aliphatic heterocycles. The van der Waals surface area contributed by atoms with E-state index in [9.17, 15) is 19.4 Å². The Hall–Kier alpha value is -4.24. The molecule has 38 heavy (non-hydrogen) atoms. The topological polar surface area (TPSA) is 90.1 Å². The SMILES string of the molecule is C/C(=N\NC(=S)N1CCc2cc(C(=O)O)ccc21)c1c(O)n(-c2ccc3c(c2)CCC3)c2ccc(F)cc12. The molecule has 0 saturated carbocycles. The number of fused-ring (bicyclic) bond motifs is 3. The van der Waals surface area contributed by atoms with Gasteiger partial charge in [0.25, 0.3) is 0 Å². The summed E-state index contributed by atoms with van der Waals surface area (Å²) >= 11 is 5.58. The maximum Gasteiger partial charge on any atom is 0.335 e. The zero-order valence-electron chi connectivity index (χ0n) is 20.7. The second-order valence-corrected chi connectivity index (χ2v) is 10.1. The van der Waals surface area contributed by atoms with E-state index in [1.165, 1.54) is 23.3 Å². The lowest BCUT2D eigenvalue weighted by Crippen LogP contribution is -2.36. The number of benzene rings is 3. The van der Waals surface area contributed by atoms with Crippen molar-refractivity contribution in [2.75, 3.05) is 11.4 Å². The summed E-state index contributed by atoms with van der Waals surface area (Å²) in [7, 11) is 0. The number of anilines is 1. The van der Waals surface area contributed by atoms with Crippen molar-refractivity contribution in [3.8, 4) is 11.6 Å². The van der Waals surface area contributed by atoms with Crippen LogP contribution >= 0.6 is 12.2 Å². The highest BCUT2D eigenvalue weighted by Crippen LogP contribution is 2.37. The molecule has 0 spiro atoms. The summed E-state index contributed by atoms with van der Waals surface area (Å²) in [5, 5.41) is 26.0. The predicted molar refractivity (Wildman–Crippen MR) is 149 cm³/mol. The number of aromatic hydroxyl groups is 1. The van der Waals surface area contributed by atoms with Crippen molar-refractivity contribution >= 4 is 45.6 Å². The zero-order valence-corrected chi connectivity index (χ0v) is 21.5. The van der Waals surface area contributed by atoms with Gasteiger partial charge in [0.15, 0.2) is 5.11 Å². The minimum absolute atomic E-state index is 0.0229. The van der Waals surface area contributed by atoms with Gasteiger partial charge < -0.3 is 15.1 Å². The summed E-state index contributed by atoms with van der Waals surface area (Å²) in [6.07, 6.45) is 3.84. The summed E-state index contributed by atoms with van der Waals surface area (Å²) in [6.45, 7) is 2.33. The monoisotopic (exact) mass is 528 g/mol. The smallest absolute Gasteiger partial charge is 0.335 e. The van der Waals surface area contributed by atoms with Gasteiger partial charge in [-0.1, -0.05) is 6.07 Å². The minimum Gasteiger partial charge on any atom is -0.494 e. The third-order valence-electron chi connectivity index (χ3n) is 7.39. The number of hydrogen-bond donors (Lipinski definition) is 3. The van der Waals surface area contributed by atoms with Crippen LogP contribution in [0.1, 0.15) is 46.0 Å². The van der Waals surface area contributed by atoms with Crippen molar-refractivity contribution in [3.05, 3.63) is 88.2 Å². The highest BCUT2D eigenvalue weighted by molar-refractivity contribution is 7.80. The van der Waals surface area contributed by atoms with Gasteiger partial charge in [0.1, 0.15) is 5.82 Å². The Labute approximate surface area is 223 Å². The van der Waals surface area contributed by atoms with E-state index in [2.05, 4.69) is 22.7 Å². The van der Waals surface area contributed by atoms with Crippen LogP contribution in [0.2, 0.25) is 0 Å². The Morgan fingerprint density at radius 3 is 2.66 bits per heavy atom. The number of carbonyl (C=O) groups is 1. The van der Waals surface area contributed by atoms with Gasteiger partial charge in [0.05, 0.1) is 22.4 Å². The normalized spacial score (nSPS) is 14.6. The van der Waals surface area contributed by atoms with Gasteiger partial charge in [0.2, 0.25) is 5.88 Å². The number of aromatic nitrogens is 1. The number of hydrazone groups is 1. The van der Waals surface area contributed by atoms with E-state index in [-0.39, 0.29) is 11.4 Å². The molecule has 3 N–H and O–H groups in total. The number of aryl methyl sites for hydroxylation is 2. The van der Waals surface area contributed by atoms with Crippen LogP contribution < -0.4 is 10.3 Å². The molecule has 0 amide bonds. The summed E-state index contributed by atoms with van der Waals surface area (Å²) in [5.41, 5.74) is 9.83. The number of nitrogens with zero attached hydrogens (tertiary/aromatic N) is 3. The Morgan fingerprint density at radius 1 is 1.03 bits per heavy atom. The van der Waals surface area contributed by atoms with Crippen molar-refractivity contribution in [3.63, 3.8) is 0 Å². The van der Waals surface area contributed by atoms with Crippen molar-refractivity contribution in [1.29, 1.82) is 0 Å². The molecule has 2 aliphatic rings. The Kier molecular flexibility index (Phi) is 5.87. The Bertz CT molecular complexity index is 1680. The third-order valence-corrected chi connectivity index (χ3v) is 7.70. The van der Waals surface area contributed by atoms with Crippen LogP contribution in [0.5, 0.6) is 5.88 Å². The lowest BCUT2D eigenvalue weighted by Gasteiger charge is -2.19. The number of rotatable bonds is 4. The fourth-order valence-electron chi connectivity index (χ4n) is 5.56. The molecule has 0 saturated heterocycles. The summed E-state index contributed by atoms with van der Waals surface area (Å²) < 4.78 is 16.1. The van der Waals surface area contributed by atoms with Crippen LogP contribution in [0.3, 0.4) is 0 Å². The molecular weight excluding hydrogens is 503 g/mol. The summed E-state index contributed by atoms with van der Waals surface area (Å²) in [5.74, 6) is -1.40. The average molecular weight is 529 g/mol. The lowest BCUT2D eigenvalue weighted by atomic mass is 10.1. The molecule has 0 atom stereocenters. The number of nitrogens with one attached hydrogen (secondary N) is 1. The second-order valence-electron chi connectivity index (χ2n) is 9.67. The van der Waals surface area contributed by atoms with E-state index in [1.807, 2.05) is 11.0 Å². The number of hydrogen-bond acceptors (Lipinski definition) is 4. The largest absolute Gasteiger partial charge is 0.494 e. The van der Waals surface area contributed by atoms with Crippen molar-refractivity contribution < 1.29 is 19.4 Å². The number of halogens is 1. The highest BCUT2D eigenvalue weighted by atomic mass is 32.1. The van der Waals surface area contributed by atoms with E-state index in [0.717, 1.165) is 36.2 Å². The van der Waals surface area contributed by atoms with Gasteiger partial charge in [-0.2, -0.15) is 5.10 Å². The highest BCUT2D eigenvalue weighted by Gasteiger charge is 2.25. The van der Waals surface area contributed by atoms with Crippen LogP contribution in [0.15, 0.2) is 59.7 Å². The van der Waals surface area contributed by atoms with E-state index in [1.54, 1.807) is 35.8 Å². The summed E-state index contributed by atoms with van der Waals surface area (Å²) in [6, 6.07) is 15.6. The molecule has 4 aromatic rings. The van der Waals surface area contributed by atoms with E-state index >= 15 is 0 Å². The third kappa shape index (κ3) is 3.99. The van der Waals surface area contributed by atoms with Gasteiger partial charge in [-0.15, -0.1) is 0 Å². The molecule has 7 nitrogen and oxygen atoms in total. The van der Waals surface area contributed by atoms with Crippen LogP contribution in [0.4, 0.5) is 10.1 Å². The van der Waals surface area contributed by atoms with Crippen LogP contribution in [0.25, 0.3) is 16.6 Å². The van der Waals surface area contributed by atoms with Gasteiger partial charge in [0, 0.05) is 23.3 Å². The number of carboxylic acids is 1. The molecule has 0 radical (unpaired) electrons. The average Bonchev–Trinajstić information content (AvgIpc) is 3.61. The van der Waals surface area contributed by atoms with Gasteiger partial charge in [-0.05, 0) is 110 Å². The van der Waals surface area contributed by atoms with E-state index in [0.29, 0.717) is 40.3 Å². The van der Waals surface area contributed by atoms with Gasteiger partial charge in [-0.25, -0.2) is 9.18 Å². The maximum atomic E-state index is 14.3. The Balaban J connectivity index is 1.34. The fraction of sp³-hybridized carbons (Fsp3) is 0.207. The van der Waals surface area contributed by atoms with Crippen LogP contribution in [-0.4, -0.2) is 38.1 Å². The standard InChI is InChI=1S/C29H25FN4O3S/c1-16(31-32-29(38)33-12-11-19-13-20(28(36)37)6-9-24(19)33)26-23-15-21(30)7-10-25(23)34(27(26)35)22-8-5-17-3-2-4-18(17)14-22/h5-10,13-15,35H,2-4,11-12H2,1H3,(H,32,38)(H,36,37)/b31-16+. The maximum absolute atomic E-state index is 14.3. The molecule has 6 rings (SSSR count). The van der Waals surface area contributed by atoms with Crippen LogP contribution in [0, 0.1) is 5.82 Å². The molecule has 192 valence electrons. The molecule has 2 heterocycles. The first-order chi connectivity index (χ1) is 18.3. The predicted octanol–water partition coefficient (Wildman–Crippen LogP) is 5.32. The summed E-state index contributed by atoms with van der Waals surface area (Å²) in [4.78, 5) is 13.2. The fourth-order valence-corrected chi connectivity index (χ4v) is 5.79. The zero-order chi connectivity index (χ0) is 26.6. The first kappa shape index (κ1) is 24.1. The minimum atomic E-state index is -0.970. The molecule has 9 heteroatoms. The first-order valence-corrected chi connectivity index (χ1v) is 12.9. The quantitative estimate of drug-likeness (QED) is 0.189. The molecule has 3 aromatic carbocycles. The van der Waals surface area contributed by atoms with Crippen molar-refractivity contribution in [1.82, 2.24) is 9.99 Å². The molecule has 0 unspecified atom stereocenters. The second kappa shape index (κ2) is 9.25. The number of carboxylic acid groups (broad SMARTS) is 1. The number of thiocarbonyl (C=S) groups is 1. The van der Waals surface area contributed by atoms with Gasteiger partial charge in [-0.3, -0.25) is 9.99 Å². The van der Waals surface area contributed by atoms with E-state index in [4.69, 9.17) is 12.2 Å². The first-order valence-electron chi connectivity index (χ1n) is 12.5. The van der Waals surface area contributed by atoms with Crippen molar-refractivity contribution in [2.24, 2.45) is 5.10 Å².